The second-order valence-corrected chi connectivity index (χ2v) is 2.79. The van der Waals surface area contributed by atoms with Gasteiger partial charge in [-0.15, -0.1) is 0 Å². The summed E-state index contributed by atoms with van der Waals surface area (Å²) in [7, 11) is 0. The minimum Gasteiger partial charge on any atom is -0.278 e. The highest BCUT2D eigenvalue weighted by Crippen LogP contribution is 2.16. The molecule has 8 heavy (non-hydrogen) atoms. The van der Waals surface area contributed by atoms with Crippen molar-refractivity contribution in [3.05, 3.63) is 0 Å². The van der Waals surface area contributed by atoms with Crippen LogP contribution < -0.4 is 0 Å². The predicted octanol–water partition coefficient (Wildman–Crippen LogP) is 2.05. The molecule has 0 aromatic heterocycles. The first-order valence-electron chi connectivity index (χ1n) is 2.96. The van der Waals surface area contributed by atoms with Crippen molar-refractivity contribution in [1.29, 1.82) is 0 Å². The molecule has 0 fully saturated rings. The molecule has 0 aromatic rings. The molecule has 1 aliphatic rings. The molecule has 0 aromatic carbocycles. The molecule has 0 N–H and O–H groups in total. The molecule has 1 nitrogen and oxygen atoms in total. The number of alkyl halides is 1. The Morgan fingerprint density at radius 3 is 2.75 bits per heavy atom. The third-order valence-corrected chi connectivity index (χ3v) is 1.69. The van der Waals surface area contributed by atoms with E-state index in [0.29, 0.717) is 5.92 Å². The number of aliphatic imine (C=N–C) groups is 1. The lowest BCUT2D eigenvalue weighted by Gasteiger charge is -2.13. The summed E-state index contributed by atoms with van der Waals surface area (Å²) in [5.41, 5.74) is 0.0613. The topological polar surface area (TPSA) is 12.4 Å². The minimum atomic E-state index is 0.0613. The highest BCUT2D eigenvalue weighted by molar-refractivity contribution is 6.20. The van der Waals surface area contributed by atoms with Crippen molar-refractivity contribution in [2.45, 2.75) is 25.3 Å². The Morgan fingerprint density at radius 2 is 2.38 bits per heavy atom. The molecule has 2 unspecified atom stereocenters. The van der Waals surface area contributed by atoms with E-state index in [4.69, 9.17) is 11.6 Å². The monoisotopic (exact) mass is 131 g/mol. The maximum absolute atomic E-state index is 5.68. The molecule has 2 atom stereocenters. The van der Waals surface area contributed by atoms with Crippen LogP contribution in [0.15, 0.2) is 4.99 Å². The Hall–Kier alpha value is -0.0400. The molecule has 1 heterocycles. The normalized spacial score (nSPS) is 37.8. The van der Waals surface area contributed by atoms with Gasteiger partial charge < -0.3 is 0 Å². The van der Waals surface area contributed by atoms with E-state index in [-0.39, 0.29) is 5.50 Å². The van der Waals surface area contributed by atoms with Crippen molar-refractivity contribution >= 4 is 17.8 Å². The van der Waals surface area contributed by atoms with Crippen LogP contribution in [-0.2, 0) is 0 Å². The van der Waals surface area contributed by atoms with Gasteiger partial charge in [-0.2, -0.15) is 0 Å². The fourth-order valence-electron chi connectivity index (χ4n) is 0.790. The number of hydrogen-bond donors (Lipinski definition) is 0. The maximum Gasteiger partial charge on any atom is 0.123 e. The summed E-state index contributed by atoms with van der Waals surface area (Å²) in [6.07, 6.45) is 4.18. The Bertz CT molecular complexity index is 88.7. The molecular formula is C6H10ClN. The predicted molar refractivity (Wildman–Crippen MR) is 36.5 cm³/mol. The first kappa shape index (κ1) is 6.09. The number of nitrogens with zero attached hydrogens (tertiary/aromatic N) is 1. The first-order valence-corrected chi connectivity index (χ1v) is 3.40. The van der Waals surface area contributed by atoms with Crippen molar-refractivity contribution < 1.29 is 0 Å². The zero-order valence-corrected chi connectivity index (χ0v) is 5.73. The average molecular weight is 132 g/mol. The summed E-state index contributed by atoms with van der Waals surface area (Å²) in [6, 6.07) is 0. The van der Waals surface area contributed by atoms with Crippen molar-refractivity contribution in [1.82, 2.24) is 0 Å². The summed E-state index contributed by atoms with van der Waals surface area (Å²) < 4.78 is 0. The lowest BCUT2D eigenvalue weighted by molar-refractivity contribution is 0.597. The summed E-state index contributed by atoms with van der Waals surface area (Å²) in [6.45, 7) is 2.16. The van der Waals surface area contributed by atoms with Gasteiger partial charge in [0, 0.05) is 6.21 Å². The van der Waals surface area contributed by atoms with E-state index in [1.54, 1.807) is 0 Å². The van der Waals surface area contributed by atoms with Gasteiger partial charge in [0.05, 0.1) is 0 Å². The van der Waals surface area contributed by atoms with Crippen LogP contribution in [0.5, 0.6) is 0 Å². The summed E-state index contributed by atoms with van der Waals surface area (Å²) in [5, 5.41) is 0. The number of hydrogen-bond acceptors (Lipinski definition) is 1. The van der Waals surface area contributed by atoms with Gasteiger partial charge in [0.2, 0.25) is 0 Å². The van der Waals surface area contributed by atoms with Crippen molar-refractivity contribution in [3.8, 4) is 0 Å². The second-order valence-electron chi connectivity index (χ2n) is 2.29. The standard InChI is InChI=1S/C6H10ClN/c1-5-2-3-6(7)8-4-5/h4-6H,2-3H2,1H3. The van der Waals surface area contributed by atoms with Gasteiger partial charge in [-0.05, 0) is 18.8 Å². The summed E-state index contributed by atoms with van der Waals surface area (Å²) in [4.78, 5) is 4.05. The Kier molecular flexibility index (Phi) is 1.90. The third kappa shape index (κ3) is 1.48. The lowest BCUT2D eigenvalue weighted by Crippen LogP contribution is -2.08. The Morgan fingerprint density at radius 1 is 1.62 bits per heavy atom. The largest absolute Gasteiger partial charge is 0.278 e. The summed E-state index contributed by atoms with van der Waals surface area (Å²) in [5.74, 6) is 0.644. The van der Waals surface area contributed by atoms with Gasteiger partial charge in [-0.1, -0.05) is 18.5 Å². The zero-order valence-electron chi connectivity index (χ0n) is 4.97. The van der Waals surface area contributed by atoms with E-state index in [1.807, 2.05) is 6.21 Å². The van der Waals surface area contributed by atoms with Gasteiger partial charge in [0.25, 0.3) is 0 Å². The molecule has 2 heteroatoms. The highest BCUT2D eigenvalue weighted by Gasteiger charge is 2.09. The molecule has 46 valence electrons. The van der Waals surface area contributed by atoms with Crippen molar-refractivity contribution in [2.24, 2.45) is 10.9 Å². The SMILES string of the molecule is CC1C=NC(Cl)CC1. The average Bonchev–Trinajstić information content (AvgIpc) is 1.77. The zero-order chi connectivity index (χ0) is 5.98. The van der Waals surface area contributed by atoms with E-state index < -0.39 is 0 Å². The molecule has 0 amide bonds. The van der Waals surface area contributed by atoms with Gasteiger partial charge >= 0.3 is 0 Å². The molecule has 0 spiro atoms. The van der Waals surface area contributed by atoms with Crippen LogP contribution >= 0.6 is 11.6 Å². The van der Waals surface area contributed by atoms with Gasteiger partial charge in [0.1, 0.15) is 5.50 Å². The molecule has 1 rings (SSSR count). The highest BCUT2D eigenvalue weighted by atomic mass is 35.5. The fraction of sp³-hybridized carbons (Fsp3) is 0.833. The van der Waals surface area contributed by atoms with Crippen LogP contribution in [0.3, 0.4) is 0 Å². The molecule has 0 radical (unpaired) electrons. The fourth-order valence-corrected chi connectivity index (χ4v) is 0.981. The Balaban J connectivity index is 2.42. The van der Waals surface area contributed by atoms with Gasteiger partial charge in [-0.25, -0.2) is 0 Å². The lowest BCUT2D eigenvalue weighted by atomic mass is 10.1. The van der Waals surface area contributed by atoms with Crippen LogP contribution in [0.25, 0.3) is 0 Å². The Labute approximate surface area is 54.8 Å². The molecule has 0 saturated carbocycles. The van der Waals surface area contributed by atoms with Crippen LogP contribution in [0, 0.1) is 5.92 Å². The van der Waals surface area contributed by atoms with Crippen LogP contribution in [-0.4, -0.2) is 11.7 Å². The minimum absolute atomic E-state index is 0.0613. The van der Waals surface area contributed by atoms with Crippen molar-refractivity contribution in [2.75, 3.05) is 0 Å². The quantitative estimate of drug-likeness (QED) is 0.353. The van der Waals surface area contributed by atoms with Crippen LogP contribution in [0.4, 0.5) is 0 Å². The second kappa shape index (κ2) is 2.49. The first-order chi connectivity index (χ1) is 3.79. The maximum atomic E-state index is 5.68. The van der Waals surface area contributed by atoms with E-state index >= 15 is 0 Å². The molecule has 0 saturated heterocycles. The number of rotatable bonds is 0. The van der Waals surface area contributed by atoms with Gasteiger partial charge in [-0.3, -0.25) is 4.99 Å². The van der Waals surface area contributed by atoms with Crippen LogP contribution in [0.2, 0.25) is 0 Å². The smallest absolute Gasteiger partial charge is 0.123 e. The molecule has 1 aliphatic heterocycles. The van der Waals surface area contributed by atoms with Crippen molar-refractivity contribution in [3.63, 3.8) is 0 Å². The van der Waals surface area contributed by atoms with Gasteiger partial charge in [0.15, 0.2) is 0 Å². The van der Waals surface area contributed by atoms with E-state index in [9.17, 15) is 0 Å². The molecule has 0 bridgehead atoms. The summed E-state index contributed by atoms with van der Waals surface area (Å²) >= 11 is 5.68. The van der Waals surface area contributed by atoms with E-state index in [2.05, 4.69) is 11.9 Å². The van der Waals surface area contributed by atoms with Crippen LogP contribution in [0.1, 0.15) is 19.8 Å². The molecule has 0 aliphatic carbocycles. The third-order valence-electron chi connectivity index (χ3n) is 1.36. The molecular weight excluding hydrogens is 122 g/mol. The van der Waals surface area contributed by atoms with E-state index in [0.717, 1.165) is 6.42 Å². The number of halogens is 1. The van der Waals surface area contributed by atoms with E-state index in [1.165, 1.54) is 6.42 Å².